The highest BCUT2D eigenvalue weighted by molar-refractivity contribution is 5.53. The molecule has 6 heteroatoms. The van der Waals surface area contributed by atoms with Crippen LogP contribution in [0.3, 0.4) is 0 Å². The Morgan fingerprint density at radius 1 is 1.42 bits per heavy atom. The highest BCUT2D eigenvalue weighted by Crippen LogP contribution is 2.21. The van der Waals surface area contributed by atoms with Crippen LogP contribution in [0, 0.1) is 17.0 Å². The number of anilines is 1. The minimum atomic E-state index is -0.363. The number of nitro benzene ring substituents is 1. The smallest absolute Gasteiger partial charge is 0.272 e. The van der Waals surface area contributed by atoms with Gasteiger partial charge in [-0.15, -0.1) is 0 Å². The van der Waals surface area contributed by atoms with Crippen molar-refractivity contribution in [2.24, 2.45) is 0 Å². The minimum absolute atomic E-state index is 0.155. The third kappa shape index (κ3) is 5.23. The predicted octanol–water partition coefficient (Wildman–Crippen LogP) is 1.89. The molecule has 19 heavy (non-hydrogen) atoms. The molecule has 0 amide bonds. The van der Waals surface area contributed by atoms with Crippen molar-refractivity contribution in [2.75, 3.05) is 45.7 Å². The molecular weight excluding hydrogens is 246 g/mol. The van der Waals surface area contributed by atoms with Gasteiger partial charge in [0, 0.05) is 44.1 Å². The van der Waals surface area contributed by atoms with E-state index in [0.717, 1.165) is 25.3 Å². The quantitative estimate of drug-likeness (QED) is 0.575. The fourth-order valence-electron chi connectivity index (χ4n) is 1.72. The number of hydrogen-bond donors (Lipinski definition) is 1. The third-order valence-electron chi connectivity index (χ3n) is 2.89. The molecule has 6 nitrogen and oxygen atoms in total. The van der Waals surface area contributed by atoms with E-state index in [2.05, 4.69) is 10.2 Å². The molecule has 1 aromatic carbocycles. The first kappa shape index (κ1) is 15.4. The molecule has 0 spiro atoms. The van der Waals surface area contributed by atoms with Crippen molar-refractivity contribution in [1.29, 1.82) is 0 Å². The van der Waals surface area contributed by atoms with Crippen molar-refractivity contribution in [3.8, 4) is 0 Å². The lowest BCUT2D eigenvalue weighted by atomic mass is 10.2. The Balaban J connectivity index is 2.42. The Morgan fingerprint density at radius 3 is 2.74 bits per heavy atom. The minimum Gasteiger partial charge on any atom is -0.384 e. The van der Waals surface area contributed by atoms with E-state index in [0.29, 0.717) is 12.2 Å². The molecule has 0 fully saturated rings. The van der Waals surface area contributed by atoms with Gasteiger partial charge in [0.05, 0.1) is 11.5 Å². The van der Waals surface area contributed by atoms with Crippen LogP contribution in [-0.4, -0.2) is 50.2 Å². The zero-order valence-corrected chi connectivity index (χ0v) is 11.7. The molecule has 0 aromatic heterocycles. The lowest BCUT2D eigenvalue weighted by Gasteiger charge is -2.16. The van der Waals surface area contributed by atoms with E-state index in [1.165, 1.54) is 6.07 Å². The number of ether oxygens (including phenoxy) is 1. The molecule has 0 aliphatic carbocycles. The molecule has 1 rings (SSSR count). The summed E-state index contributed by atoms with van der Waals surface area (Å²) in [4.78, 5) is 12.5. The van der Waals surface area contributed by atoms with E-state index in [1.54, 1.807) is 26.2 Å². The monoisotopic (exact) mass is 267 g/mol. The summed E-state index contributed by atoms with van der Waals surface area (Å²) in [6.07, 6.45) is 0. The molecule has 0 atom stereocenters. The summed E-state index contributed by atoms with van der Waals surface area (Å²) >= 11 is 0. The van der Waals surface area contributed by atoms with Crippen LogP contribution >= 0.6 is 0 Å². The van der Waals surface area contributed by atoms with Gasteiger partial charge in [0.2, 0.25) is 0 Å². The lowest BCUT2D eigenvalue weighted by Crippen LogP contribution is -2.28. The Kier molecular flexibility index (Phi) is 6.24. The number of nitrogens with zero attached hydrogens (tertiary/aromatic N) is 2. The van der Waals surface area contributed by atoms with E-state index in [4.69, 9.17) is 4.74 Å². The van der Waals surface area contributed by atoms with Gasteiger partial charge in [-0.2, -0.15) is 0 Å². The van der Waals surface area contributed by atoms with Gasteiger partial charge < -0.3 is 15.0 Å². The van der Waals surface area contributed by atoms with Crippen LogP contribution in [0.15, 0.2) is 18.2 Å². The molecule has 0 saturated heterocycles. The first-order valence-corrected chi connectivity index (χ1v) is 6.21. The molecular formula is C13H21N3O3. The van der Waals surface area contributed by atoms with Gasteiger partial charge in [-0.3, -0.25) is 10.1 Å². The summed E-state index contributed by atoms with van der Waals surface area (Å²) in [6.45, 7) is 5.02. The lowest BCUT2D eigenvalue weighted by molar-refractivity contribution is -0.385. The van der Waals surface area contributed by atoms with Crippen molar-refractivity contribution in [3.05, 3.63) is 33.9 Å². The average molecular weight is 267 g/mol. The maximum absolute atomic E-state index is 10.7. The number of hydrogen-bond acceptors (Lipinski definition) is 5. The zero-order valence-electron chi connectivity index (χ0n) is 11.7. The Labute approximate surface area is 113 Å². The van der Waals surface area contributed by atoms with Crippen molar-refractivity contribution in [2.45, 2.75) is 6.92 Å². The van der Waals surface area contributed by atoms with Crippen LogP contribution < -0.4 is 5.32 Å². The van der Waals surface area contributed by atoms with Gasteiger partial charge in [-0.05, 0) is 26.1 Å². The standard InChI is InChI=1S/C13H21N3O3/c1-11-10-12(4-5-13(11)16(17)18)14-6-7-15(2)8-9-19-3/h4-5,10,14H,6-9H2,1-3H3. The van der Waals surface area contributed by atoms with Gasteiger partial charge in [0.1, 0.15) is 0 Å². The van der Waals surface area contributed by atoms with Gasteiger partial charge >= 0.3 is 0 Å². The molecule has 0 heterocycles. The van der Waals surface area contributed by atoms with E-state index < -0.39 is 0 Å². The summed E-state index contributed by atoms with van der Waals surface area (Å²) < 4.78 is 5.00. The second-order valence-electron chi connectivity index (χ2n) is 4.48. The maximum atomic E-state index is 10.7. The molecule has 1 N–H and O–H groups in total. The highest BCUT2D eigenvalue weighted by Gasteiger charge is 2.09. The Hall–Kier alpha value is -1.66. The maximum Gasteiger partial charge on any atom is 0.272 e. The normalized spacial score (nSPS) is 10.7. The highest BCUT2D eigenvalue weighted by atomic mass is 16.6. The fraction of sp³-hybridized carbons (Fsp3) is 0.538. The number of aryl methyl sites for hydroxylation is 1. The summed E-state index contributed by atoms with van der Waals surface area (Å²) in [7, 11) is 3.72. The van der Waals surface area contributed by atoms with Crippen LogP contribution in [0.1, 0.15) is 5.56 Å². The van der Waals surface area contributed by atoms with Crippen molar-refractivity contribution in [3.63, 3.8) is 0 Å². The zero-order chi connectivity index (χ0) is 14.3. The van der Waals surface area contributed by atoms with E-state index in [1.807, 2.05) is 7.05 Å². The van der Waals surface area contributed by atoms with Gasteiger partial charge in [-0.1, -0.05) is 0 Å². The van der Waals surface area contributed by atoms with E-state index in [9.17, 15) is 10.1 Å². The number of nitro groups is 1. The molecule has 0 radical (unpaired) electrons. The predicted molar refractivity (Wildman–Crippen MR) is 75.7 cm³/mol. The number of methoxy groups -OCH3 is 1. The van der Waals surface area contributed by atoms with Crippen LogP contribution in [0.4, 0.5) is 11.4 Å². The third-order valence-corrected chi connectivity index (χ3v) is 2.89. The summed E-state index contributed by atoms with van der Waals surface area (Å²) in [6, 6.07) is 5.07. The van der Waals surface area contributed by atoms with Gasteiger partial charge in [-0.25, -0.2) is 0 Å². The second-order valence-corrected chi connectivity index (χ2v) is 4.48. The van der Waals surface area contributed by atoms with Crippen LogP contribution in [-0.2, 0) is 4.74 Å². The molecule has 0 bridgehead atoms. The SMILES string of the molecule is COCCN(C)CCNc1ccc([N+](=O)[O-])c(C)c1. The molecule has 0 saturated carbocycles. The topological polar surface area (TPSA) is 67.6 Å². The van der Waals surface area contributed by atoms with Crippen molar-refractivity contribution in [1.82, 2.24) is 4.90 Å². The second kappa shape index (κ2) is 7.70. The Morgan fingerprint density at radius 2 is 2.16 bits per heavy atom. The molecule has 0 aliphatic rings. The largest absolute Gasteiger partial charge is 0.384 e. The molecule has 1 aromatic rings. The van der Waals surface area contributed by atoms with E-state index >= 15 is 0 Å². The summed E-state index contributed by atoms with van der Waals surface area (Å²) in [5.74, 6) is 0. The average Bonchev–Trinajstić information content (AvgIpc) is 2.36. The molecule has 106 valence electrons. The first-order chi connectivity index (χ1) is 9.04. The fourth-order valence-corrected chi connectivity index (χ4v) is 1.72. The van der Waals surface area contributed by atoms with Crippen molar-refractivity contribution < 1.29 is 9.66 Å². The summed E-state index contributed by atoms with van der Waals surface area (Å²) in [5.41, 5.74) is 1.73. The van der Waals surface area contributed by atoms with Gasteiger partial charge in [0.15, 0.2) is 0 Å². The van der Waals surface area contributed by atoms with Gasteiger partial charge in [0.25, 0.3) is 5.69 Å². The van der Waals surface area contributed by atoms with Crippen LogP contribution in [0.25, 0.3) is 0 Å². The Bertz CT molecular complexity index is 424. The number of likely N-dealkylation sites (N-methyl/N-ethyl adjacent to an activating group) is 1. The number of rotatable bonds is 8. The molecule has 0 unspecified atom stereocenters. The van der Waals surface area contributed by atoms with E-state index in [-0.39, 0.29) is 10.6 Å². The number of benzene rings is 1. The van der Waals surface area contributed by atoms with Crippen LogP contribution in [0.5, 0.6) is 0 Å². The number of nitrogens with one attached hydrogen (secondary N) is 1. The molecule has 0 aliphatic heterocycles. The summed E-state index contributed by atoms with van der Waals surface area (Å²) in [5, 5.41) is 14.0. The van der Waals surface area contributed by atoms with Crippen molar-refractivity contribution >= 4 is 11.4 Å². The van der Waals surface area contributed by atoms with Crippen LogP contribution in [0.2, 0.25) is 0 Å². The first-order valence-electron chi connectivity index (χ1n) is 6.21.